The Balaban J connectivity index is 1.96. The zero-order valence-electron chi connectivity index (χ0n) is 12.9. The molecule has 3 heteroatoms. The molecule has 0 aromatic heterocycles. The van der Waals surface area contributed by atoms with Crippen molar-refractivity contribution in [2.45, 2.75) is 19.3 Å². The second kappa shape index (κ2) is 7.37. The lowest BCUT2D eigenvalue weighted by Crippen LogP contribution is -2.13. The molecule has 0 radical (unpaired) electrons. The minimum atomic E-state index is 0.542. The van der Waals surface area contributed by atoms with Gasteiger partial charge >= 0.3 is 0 Å². The van der Waals surface area contributed by atoms with E-state index < -0.39 is 0 Å². The fourth-order valence-corrected chi connectivity index (χ4v) is 2.58. The van der Waals surface area contributed by atoms with Crippen LogP contribution in [0.5, 0.6) is 0 Å². The Labute approximate surface area is 132 Å². The van der Waals surface area contributed by atoms with Crippen LogP contribution in [0.25, 0.3) is 0 Å². The van der Waals surface area contributed by atoms with Crippen molar-refractivity contribution in [1.29, 1.82) is 0 Å². The Kier molecular flexibility index (Phi) is 5.51. The first-order valence-electron chi connectivity index (χ1n) is 7.33. The second-order valence-electron chi connectivity index (χ2n) is 5.58. The van der Waals surface area contributed by atoms with Gasteiger partial charge in [0.25, 0.3) is 0 Å². The third-order valence-corrected chi connectivity index (χ3v) is 3.94. The quantitative estimate of drug-likeness (QED) is 0.806. The smallest absolute Gasteiger partial charge is 0.0597 e. The van der Waals surface area contributed by atoms with Crippen molar-refractivity contribution >= 4 is 23.0 Å². The van der Waals surface area contributed by atoms with Crippen molar-refractivity contribution in [2.75, 3.05) is 30.9 Å². The Morgan fingerprint density at radius 3 is 2.48 bits per heavy atom. The van der Waals surface area contributed by atoms with Crippen LogP contribution in [0.4, 0.5) is 11.4 Å². The molecule has 0 saturated carbocycles. The van der Waals surface area contributed by atoms with Gasteiger partial charge in [0, 0.05) is 25.7 Å². The van der Waals surface area contributed by atoms with Gasteiger partial charge in [-0.1, -0.05) is 48.9 Å². The molecule has 0 aliphatic carbocycles. The van der Waals surface area contributed by atoms with Crippen LogP contribution in [0, 0.1) is 0 Å². The third-order valence-electron chi connectivity index (χ3n) is 3.70. The first kappa shape index (κ1) is 15.7. The number of halogens is 1. The van der Waals surface area contributed by atoms with Crippen molar-refractivity contribution in [3.05, 3.63) is 59.1 Å². The lowest BCUT2D eigenvalue weighted by atomic mass is 9.98. The normalized spacial score (nSPS) is 12.0. The first-order chi connectivity index (χ1) is 10.1. The molecule has 2 nitrogen and oxygen atoms in total. The van der Waals surface area contributed by atoms with Gasteiger partial charge < -0.3 is 10.2 Å². The number of anilines is 2. The van der Waals surface area contributed by atoms with E-state index in [0.29, 0.717) is 5.92 Å². The summed E-state index contributed by atoms with van der Waals surface area (Å²) in [5.41, 5.74) is 3.64. The van der Waals surface area contributed by atoms with Gasteiger partial charge in [-0.25, -0.2) is 0 Å². The summed E-state index contributed by atoms with van der Waals surface area (Å²) in [7, 11) is 4.09. The molecule has 2 aromatic rings. The van der Waals surface area contributed by atoms with Crippen LogP contribution >= 0.6 is 11.6 Å². The van der Waals surface area contributed by atoms with Gasteiger partial charge in [-0.05, 0) is 36.1 Å². The van der Waals surface area contributed by atoms with Crippen LogP contribution < -0.4 is 10.2 Å². The Morgan fingerprint density at radius 2 is 1.81 bits per heavy atom. The van der Waals surface area contributed by atoms with Crippen molar-refractivity contribution in [3.63, 3.8) is 0 Å². The van der Waals surface area contributed by atoms with E-state index in [1.807, 2.05) is 32.3 Å². The average Bonchev–Trinajstić information content (AvgIpc) is 2.48. The van der Waals surface area contributed by atoms with Gasteiger partial charge in [0.15, 0.2) is 0 Å². The molecular weight excluding hydrogens is 280 g/mol. The number of nitrogens with zero attached hydrogens (tertiary/aromatic N) is 1. The van der Waals surface area contributed by atoms with Gasteiger partial charge in [0.2, 0.25) is 0 Å². The van der Waals surface area contributed by atoms with Gasteiger partial charge in [-0.3, -0.25) is 0 Å². The molecule has 2 rings (SSSR count). The van der Waals surface area contributed by atoms with E-state index in [1.54, 1.807) is 0 Å². The minimum absolute atomic E-state index is 0.542. The van der Waals surface area contributed by atoms with Crippen molar-refractivity contribution < 1.29 is 0 Å². The van der Waals surface area contributed by atoms with Crippen molar-refractivity contribution in [1.82, 2.24) is 0 Å². The number of hydrogen-bond donors (Lipinski definition) is 1. The Bertz CT molecular complexity index is 567. The van der Waals surface area contributed by atoms with Crippen LogP contribution in [0.2, 0.25) is 5.02 Å². The molecule has 21 heavy (non-hydrogen) atoms. The summed E-state index contributed by atoms with van der Waals surface area (Å²) >= 11 is 6.10. The van der Waals surface area contributed by atoms with Crippen LogP contribution in [0.3, 0.4) is 0 Å². The molecule has 0 aliphatic heterocycles. The van der Waals surface area contributed by atoms with Gasteiger partial charge in [-0.2, -0.15) is 0 Å². The van der Waals surface area contributed by atoms with Gasteiger partial charge in [-0.15, -0.1) is 0 Å². The van der Waals surface area contributed by atoms with Gasteiger partial charge in [0.05, 0.1) is 11.4 Å². The summed E-state index contributed by atoms with van der Waals surface area (Å²) in [6, 6.07) is 16.6. The summed E-state index contributed by atoms with van der Waals surface area (Å²) in [4.78, 5) is 2.10. The van der Waals surface area contributed by atoms with E-state index in [2.05, 4.69) is 47.5 Å². The van der Waals surface area contributed by atoms with E-state index in [9.17, 15) is 0 Å². The summed E-state index contributed by atoms with van der Waals surface area (Å²) < 4.78 is 0. The highest BCUT2D eigenvalue weighted by Crippen LogP contribution is 2.28. The van der Waals surface area contributed by atoms with E-state index >= 15 is 0 Å². The summed E-state index contributed by atoms with van der Waals surface area (Å²) in [5.74, 6) is 0.542. The molecule has 1 N–H and O–H groups in total. The molecule has 2 aromatic carbocycles. The predicted octanol–water partition coefficient (Wildman–Crippen LogP) is 5.01. The second-order valence-corrected chi connectivity index (χ2v) is 6.02. The number of hydrogen-bond acceptors (Lipinski definition) is 2. The van der Waals surface area contributed by atoms with Crippen molar-refractivity contribution in [2.24, 2.45) is 0 Å². The van der Waals surface area contributed by atoms with Crippen LogP contribution in [-0.2, 0) is 0 Å². The Hall–Kier alpha value is -1.67. The molecule has 1 atom stereocenters. The minimum Gasteiger partial charge on any atom is -0.383 e. The maximum atomic E-state index is 6.10. The fraction of sp³-hybridized carbons (Fsp3) is 0.333. The lowest BCUT2D eigenvalue weighted by molar-refractivity contribution is 0.706. The predicted molar refractivity (Wildman–Crippen MR) is 93.7 cm³/mol. The number of benzene rings is 2. The maximum Gasteiger partial charge on any atom is 0.0597 e. The molecule has 0 bridgehead atoms. The molecule has 0 saturated heterocycles. The topological polar surface area (TPSA) is 15.3 Å². The molecule has 0 fully saturated rings. The zero-order chi connectivity index (χ0) is 15.2. The number of rotatable bonds is 6. The molecule has 0 amide bonds. The maximum absolute atomic E-state index is 6.10. The number of nitrogens with one attached hydrogen (secondary N) is 1. The van der Waals surface area contributed by atoms with E-state index in [4.69, 9.17) is 11.6 Å². The fourth-order valence-electron chi connectivity index (χ4n) is 2.41. The molecule has 1 unspecified atom stereocenters. The molecular formula is C18H23ClN2. The highest BCUT2D eigenvalue weighted by atomic mass is 35.5. The monoisotopic (exact) mass is 302 g/mol. The highest BCUT2D eigenvalue weighted by molar-refractivity contribution is 6.31. The molecule has 0 spiro atoms. The SMILES string of the molecule is CC(CCNc1cc(Cl)ccc1N(C)C)c1ccccc1. The zero-order valence-corrected chi connectivity index (χ0v) is 13.7. The summed E-state index contributed by atoms with van der Waals surface area (Å²) in [6.45, 7) is 3.19. The van der Waals surface area contributed by atoms with E-state index in [-0.39, 0.29) is 0 Å². The lowest BCUT2D eigenvalue weighted by Gasteiger charge is -2.20. The summed E-state index contributed by atoms with van der Waals surface area (Å²) in [6.07, 6.45) is 1.09. The average molecular weight is 303 g/mol. The molecule has 0 aliphatic rings. The Morgan fingerprint density at radius 1 is 1.10 bits per heavy atom. The molecule has 0 heterocycles. The van der Waals surface area contributed by atoms with Crippen LogP contribution in [0.15, 0.2) is 48.5 Å². The third kappa shape index (κ3) is 4.40. The van der Waals surface area contributed by atoms with Gasteiger partial charge in [0.1, 0.15) is 0 Å². The first-order valence-corrected chi connectivity index (χ1v) is 7.71. The largest absolute Gasteiger partial charge is 0.383 e. The van der Waals surface area contributed by atoms with E-state index in [0.717, 1.165) is 29.4 Å². The molecule has 112 valence electrons. The summed E-state index contributed by atoms with van der Waals surface area (Å²) in [5, 5.41) is 4.27. The van der Waals surface area contributed by atoms with Crippen LogP contribution in [-0.4, -0.2) is 20.6 Å². The van der Waals surface area contributed by atoms with Crippen LogP contribution in [0.1, 0.15) is 24.8 Å². The van der Waals surface area contributed by atoms with Crippen molar-refractivity contribution in [3.8, 4) is 0 Å². The highest BCUT2D eigenvalue weighted by Gasteiger charge is 2.07. The van der Waals surface area contributed by atoms with E-state index in [1.165, 1.54) is 5.56 Å². The standard InChI is InChI=1S/C18H23ClN2/c1-14(15-7-5-4-6-8-15)11-12-20-17-13-16(19)9-10-18(17)21(2)3/h4-10,13-14,20H,11-12H2,1-3H3.